The van der Waals surface area contributed by atoms with E-state index in [4.69, 9.17) is 9.47 Å². The van der Waals surface area contributed by atoms with E-state index < -0.39 is 12.0 Å². The number of carbonyl (C=O) groups is 2. The standard InChI is InChI=1S/C19H25N3O5S2/c1-4-13-11(3)29-16-15(13)17(24)22(9-12-7-6-8-27-12)18(21-16)28-10-14(23)20-19(25)26-5-2/h12H,4-10H2,1-3H3,(H,20,23,25). The van der Waals surface area contributed by atoms with Crippen molar-refractivity contribution in [2.45, 2.75) is 57.8 Å². The Morgan fingerprint density at radius 3 is 2.86 bits per heavy atom. The second-order valence-corrected chi connectivity index (χ2v) is 8.82. The maximum Gasteiger partial charge on any atom is 0.413 e. The average molecular weight is 440 g/mol. The first-order chi connectivity index (χ1) is 13.9. The second kappa shape index (κ2) is 9.73. The minimum Gasteiger partial charge on any atom is -0.450 e. The van der Waals surface area contributed by atoms with Gasteiger partial charge in [-0.3, -0.25) is 19.5 Å². The van der Waals surface area contributed by atoms with Gasteiger partial charge in [-0.2, -0.15) is 0 Å². The fraction of sp³-hybridized carbons (Fsp3) is 0.579. The Hall–Kier alpha value is -1.91. The molecule has 2 aromatic heterocycles. The topological polar surface area (TPSA) is 99.5 Å². The maximum atomic E-state index is 13.3. The van der Waals surface area contributed by atoms with Gasteiger partial charge in [0.2, 0.25) is 5.91 Å². The average Bonchev–Trinajstić information content (AvgIpc) is 3.29. The highest BCUT2D eigenvalue weighted by molar-refractivity contribution is 7.99. The normalized spacial score (nSPS) is 16.3. The number of thioether (sulfide) groups is 1. The SMILES string of the molecule is CCOC(=O)NC(=O)CSc1nc2sc(C)c(CC)c2c(=O)n1CC1CCCO1. The van der Waals surface area contributed by atoms with Crippen LogP contribution in [0.3, 0.4) is 0 Å². The third-order valence-electron chi connectivity index (χ3n) is 4.69. The van der Waals surface area contributed by atoms with Crippen molar-refractivity contribution in [2.75, 3.05) is 19.0 Å². The lowest BCUT2D eigenvalue weighted by Gasteiger charge is -2.16. The number of hydrogen-bond donors (Lipinski definition) is 1. The Bertz CT molecular complexity index is 963. The van der Waals surface area contributed by atoms with Gasteiger partial charge in [0.1, 0.15) is 4.83 Å². The van der Waals surface area contributed by atoms with Gasteiger partial charge >= 0.3 is 6.09 Å². The molecule has 3 heterocycles. The van der Waals surface area contributed by atoms with E-state index in [1.54, 1.807) is 11.5 Å². The smallest absolute Gasteiger partial charge is 0.413 e. The molecule has 1 saturated heterocycles. The predicted molar refractivity (Wildman–Crippen MR) is 113 cm³/mol. The number of imide groups is 1. The van der Waals surface area contributed by atoms with Gasteiger partial charge in [-0.15, -0.1) is 11.3 Å². The molecule has 0 aromatic carbocycles. The molecule has 10 heteroatoms. The molecule has 1 aliphatic rings. The molecule has 29 heavy (non-hydrogen) atoms. The second-order valence-electron chi connectivity index (χ2n) is 6.67. The highest BCUT2D eigenvalue weighted by atomic mass is 32.2. The van der Waals surface area contributed by atoms with Gasteiger partial charge in [-0.1, -0.05) is 18.7 Å². The van der Waals surface area contributed by atoms with E-state index in [2.05, 4.69) is 10.3 Å². The van der Waals surface area contributed by atoms with Gasteiger partial charge in [0.05, 0.1) is 30.4 Å². The molecule has 158 valence electrons. The number of alkyl carbamates (subject to hydrolysis) is 1. The van der Waals surface area contributed by atoms with Crippen LogP contribution in [0, 0.1) is 6.92 Å². The molecule has 1 N–H and O–H groups in total. The van der Waals surface area contributed by atoms with E-state index in [-0.39, 0.29) is 24.0 Å². The number of hydrogen-bond acceptors (Lipinski definition) is 8. The fourth-order valence-electron chi connectivity index (χ4n) is 3.37. The van der Waals surface area contributed by atoms with E-state index in [0.29, 0.717) is 28.5 Å². The molecule has 1 atom stereocenters. The molecule has 1 unspecified atom stereocenters. The first-order valence-corrected chi connectivity index (χ1v) is 11.5. The molecule has 0 aliphatic carbocycles. The minimum atomic E-state index is -0.778. The van der Waals surface area contributed by atoms with Crippen LogP contribution in [-0.4, -0.2) is 46.6 Å². The minimum absolute atomic E-state index is 0.0375. The molecule has 3 rings (SSSR count). The van der Waals surface area contributed by atoms with Gasteiger partial charge in [-0.25, -0.2) is 9.78 Å². The lowest BCUT2D eigenvalue weighted by Crippen LogP contribution is -2.33. The van der Waals surface area contributed by atoms with Crippen LogP contribution in [0.25, 0.3) is 10.2 Å². The van der Waals surface area contributed by atoms with Crippen molar-refractivity contribution in [3.05, 3.63) is 20.8 Å². The summed E-state index contributed by atoms with van der Waals surface area (Å²) < 4.78 is 12.0. The van der Waals surface area contributed by atoms with Gasteiger partial charge in [-0.05, 0) is 38.7 Å². The number of amides is 2. The Balaban J connectivity index is 1.90. The summed E-state index contributed by atoms with van der Waals surface area (Å²) in [4.78, 5) is 43.2. The zero-order chi connectivity index (χ0) is 21.0. The Labute approximate surface area is 177 Å². The number of nitrogens with one attached hydrogen (secondary N) is 1. The Kier molecular flexibility index (Phi) is 7.31. The number of rotatable bonds is 7. The first-order valence-electron chi connectivity index (χ1n) is 9.68. The molecular formula is C19H25N3O5S2. The molecule has 0 saturated carbocycles. The lowest BCUT2D eigenvalue weighted by molar-refractivity contribution is -0.117. The van der Waals surface area contributed by atoms with Crippen LogP contribution < -0.4 is 10.9 Å². The van der Waals surface area contributed by atoms with E-state index in [9.17, 15) is 14.4 Å². The van der Waals surface area contributed by atoms with Crippen molar-refractivity contribution >= 4 is 45.3 Å². The van der Waals surface area contributed by atoms with Crippen molar-refractivity contribution in [1.82, 2.24) is 14.9 Å². The number of aryl methyl sites for hydroxylation is 2. The summed E-state index contributed by atoms with van der Waals surface area (Å²) in [7, 11) is 0. The van der Waals surface area contributed by atoms with E-state index >= 15 is 0 Å². The van der Waals surface area contributed by atoms with Gasteiger partial charge in [0, 0.05) is 11.5 Å². The molecule has 2 amide bonds. The number of fused-ring (bicyclic) bond motifs is 1. The Morgan fingerprint density at radius 2 is 2.21 bits per heavy atom. The zero-order valence-corrected chi connectivity index (χ0v) is 18.4. The summed E-state index contributed by atoms with van der Waals surface area (Å²) in [5.41, 5.74) is 0.931. The maximum absolute atomic E-state index is 13.3. The van der Waals surface area contributed by atoms with Crippen LogP contribution in [0.2, 0.25) is 0 Å². The molecule has 1 fully saturated rings. The van der Waals surface area contributed by atoms with Crippen LogP contribution in [0.4, 0.5) is 4.79 Å². The van der Waals surface area contributed by atoms with Gasteiger partial charge < -0.3 is 9.47 Å². The number of ether oxygens (including phenoxy) is 2. The molecule has 1 aliphatic heterocycles. The molecule has 0 radical (unpaired) electrons. The van der Waals surface area contributed by atoms with Crippen molar-refractivity contribution in [3.8, 4) is 0 Å². The van der Waals surface area contributed by atoms with E-state index in [1.165, 1.54) is 11.3 Å². The molecule has 0 bridgehead atoms. The summed E-state index contributed by atoms with van der Waals surface area (Å²) >= 11 is 2.62. The third-order valence-corrected chi connectivity index (χ3v) is 6.71. The van der Waals surface area contributed by atoms with Gasteiger partial charge in [0.15, 0.2) is 5.16 Å². The summed E-state index contributed by atoms with van der Waals surface area (Å²) in [6, 6.07) is 0. The predicted octanol–water partition coefficient (Wildman–Crippen LogP) is 2.87. The Morgan fingerprint density at radius 1 is 1.41 bits per heavy atom. The summed E-state index contributed by atoms with van der Waals surface area (Å²) in [5.74, 6) is -0.545. The summed E-state index contributed by atoms with van der Waals surface area (Å²) in [6.45, 7) is 6.96. The fourth-order valence-corrected chi connectivity index (χ4v) is 5.33. The van der Waals surface area contributed by atoms with Crippen LogP contribution in [0.5, 0.6) is 0 Å². The first kappa shape index (κ1) is 21.8. The quantitative estimate of drug-likeness (QED) is 0.523. The monoisotopic (exact) mass is 439 g/mol. The van der Waals surface area contributed by atoms with Crippen LogP contribution in [-0.2, 0) is 27.2 Å². The highest BCUT2D eigenvalue weighted by Crippen LogP contribution is 2.30. The highest BCUT2D eigenvalue weighted by Gasteiger charge is 2.23. The van der Waals surface area contributed by atoms with Gasteiger partial charge in [0.25, 0.3) is 5.56 Å². The van der Waals surface area contributed by atoms with Crippen molar-refractivity contribution in [3.63, 3.8) is 0 Å². The van der Waals surface area contributed by atoms with Crippen LogP contribution >= 0.6 is 23.1 Å². The largest absolute Gasteiger partial charge is 0.450 e. The third kappa shape index (κ3) is 4.99. The molecule has 0 spiro atoms. The van der Waals surface area contributed by atoms with E-state index in [0.717, 1.165) is 41.5 Å². The molecule has 8 nitrogen and oxygen atoms in total. The number of thiophene rings is 1. The summed E-state index contributed by atoms with van der Waals surface area (Å²) in [6.07, 6.45) is 1.81. The zero-order valence-electron chi connectivity index (χ0n) is 16.8. The molecular weight excluding hydrogens is 414 g/mol. The molecule has 2 aromatic rings. The summed E-state index contributed by atoms with van der Waals surface area (Å²) in [5, 5.41) is 3.28. The van der Waals surface area contributed by atoms with Crippen LogP contribution in [0.1, 0.15) is 37.1 Å². The van der Waals surface area contributed by atoms with Crippen LogP contribution in [0.15, 0.2) is 9.95 Å². The lowest BCUT2D eigenvalue weighted by atomic mass is 10.1. The van der Waals surface area contributed by atoms with Crippen molar-refractivity contribution in [1.29, 1.82) is 0 Å². The van der Waals surface area contributed by atoms with Crippen molar-refractivity contribution < 1.29 is 19.1 Å². The number of aromatic nitrogens is 2. The van der Waals surface area contributed by atoms with Crippen molar-refractivity contribution in [2.24, 2.45) is 0 Å². The number of nitrogens with zero attached hydrogens (tertiary/aromatic N) is 2. The number of carbonyl (C=O) groups excluding carboxylic acids is 2. The van der Waals surface area contributed by atoms with E-state index in [1.807, 2.05) is 13.8 Å².